The number of carbonyl (C=O) groups is 1. The van der Waals surface area contributed by atoms with Crippen LogP contribution in [0.15, 0.2) is 84.0 Å². The summed E-state index contributed by atoms with van der Waals surface area (Å²) in [7, 11) is 0. The van der Waals surface area contributed by atoms with Gasteiger partial charge in [0.1, 0.15) is 0 Å². The van der Waals surface area contributed by atoms with Gasteiger partial charge in [-0.1, -0.05) is 95.6 Å². The smallest absolute Gasteiger partial charge is 0.223 e. The highest BCUT2D eigenvalue weighted by Crippen LogP contribution is 2.34. The predicted molar refractivity (Wildman–Crippen MR) is 141 cm³/mol. The van der Waals surface area contributed by atoms with Crippen molar-refractivity contribution in [1.82, 2.24) is 20.1 Å². The molecule has 1 aromatic heterocycles. The Kier molecular flexibility index (Phi) is 7.42. The molecular formula is C27H24Cl2N4OS. The van der Waals surface area contributed by atoms with Crippen LogP contribution < -0.4 is 5.32 Å². The minimum absolute atomic E-state index is 0.0566. The maximum atomic E-state index is 12.8. The SMILES string of the molecule is O=C(NC(Cc1ccccc1)c1nnc(SCc2ccccc2)n1-c1ccc(Cl)cc1Cl)C1CC1. The molecule has 1 fully saturated rings. The van der Waals surface area contributed by atoms with Crippen LogP contribution in [0.2, 0.25) is 10.0 Å². The highest BCUT2D eigenvalue weighted by molar-refractivity contribution is 7.98. The van der Waals surface area contributed by atoms with Crippen molar-refractivity contribution in [3.8, 4) is 5.69 Å². The molecule has 1 N–H and O–H groups in total. The summed E-state index contributed by atoms with van der Waals surface area (Å²) in [6, 6.07) is 25.3. The zero-order chi connectivity index (χ0) is 24.2. The third-order valence-electron chi connectivity index (χ3n) is 5.88. The zero-order valence-electron chi connectivity index (χ0n) is 18.9. The van der Waals surface area contributed by atoms with E-state index in [9.17, 15) is 4.79 Å². The van der Waals surface area contributed by atoms with Crippen molar-refractivity contribution >= 4 is 40.9 Å². The molecule has 0 aliphatic heterocycles. The molecule has 3 aromatic carbocycles. The summed E-state index contributed by atoms with van der Waals surface area (Å²) in [4.78, 5) is 12.8. The lowest BCUT2D eigenvalue weighted by atomic mass is 10.0. The monoisotopic (exact) mass is 522 g/mol. The summed E-state index contributed by atoms with van der Waals surface area (Å²) >= 11 is 14.4. The van der Waals surface area contributed by atoms with E-state index in [1.54, 1.807) is 23.9 Å². The number of aromatic nitrogens is 3. The second-order valence-electron chi connectivity index (χ2n) is 8.57. The topological polar surface area (TPSA) is 59.8 Å². The number of benzene rings is 3. The summed E-state index contributed by atoms with van der Waals surface area (Å²) in [6.45, 7) is 0. The van der Waals surface area contributed by atoms with Crippen molar-refractivity contribution in [2.45, 2.75) is 36.2 Å². The molecule has 1 saturated carbocycles. The Labute approximate surface area is 218 Å². The average Bonchev–Trinajstić information content (AvgIpc) is 3.64. The van der Waals surface area contributed by atoms with E-state index in [1.165, 1.54) is 5.56 Å². The first-order valence-corrected chi connectivity index (χ1v) is 13.2. The molecule has 8 heteroatoms. The number of halogens is 2. The molecule has 5 nitrogen and oxygen atoms in total. The van der Waals surface area contributed by atoms with Gasteiger partial charge < -0.3 is 5.32 Å². The Bertz CT molecular complexity index is 1310. The first kappa shape index (κ1) is 23.9. The lowest BCUT2D eigenvalue weighted by Crippen LogP contribution is -2.33. The molecule has 0 spiro atoms. The van der Waals surface area contributed by atoms with E-state index in [1.807, 2.05) is 47.0 Å². The van der Waals surface area contributed by atoms with E-state index in [4.69, 9.17) is 23.2 Å². The predicted octanol–water partition coefficient (Wildman–Crippen LogP) is 6.68. The Balaban J connectivity index is 1.55. The van der Waals surface area contributed by atoms with Crippen LogP contribution in [0.25, 0.3) is 5.69 Å². The van der Waals surface area contributed by atoms with Crippen molar-refractivity contribution < 1.29 is 4.79 Å². The van der Waals surface area contributed by atoms with Crippen LogP contribution in [0.4, 0.5) is 0 Å². The number of hydrogen-bond donors (Lipinski definition) is 1. The van der Waals surface area contributed by atoms with E-state index in [0.717, 1.165) is 29.8 Å². The molecule has 1 heterocycles. The largest absolute Gasteiger partial charge is 0.345 e. The molecule has 178 valence electrons. The van der Waals surface area contributed by atoms with Gasteiger partial charge in [-0.3, -0.25) is 9.36 Å². The number of amides is 1. The molecule has 0 radical (unpaired) electrons. The van der Waals surface area contributed by atoms with E-state index < -0.39 is 0 Å². The molecule has 35 heavy (non-hydrogen) atoms. The first-order chi connectivity index (χ1) is 17.1. The lowest BCUT2D eigenvalue weighted by Gasteiger charge is -2.21. The summed E-state index contributed by atoms with van der Waals surface area (Å²) in [5.41, 5.74) is 3.01. The third kappa shape index (κ3) is 5.89. The van der Waals surface area contributed by atoms with E-state index in [0.29, 0.717) is 27.4 Å². The van der Waals surface area contributed by atoms with Crippen molar-refractivity contribution in [2.24, 2.45) is 5.92 Å². The van der Waals surface area contributed by atoms with Crippen molar-refractivity contribution in [2.75, 3.05) is 0 Å². The van der Waals surface area contributed by atoms with Crippen LogP contribution in [-0.4, -0.2) is 20.7 Å². The number of nitrogens with one attached hydrogen (secondary N) is 1. The minimum atomic E-state index is -0.365. The van der Waals surface area contributed by atoms with Gasteiger partial charge in [-0.2, -0.15) is 0 Å². The number of rotatable bonds is 9. The van der Waals surface area contributed by atoms with Crippen molar-refractivity contribution in [1.29, 1.82) is 0 Å². The standard InChI is InChI=1S/C27H24Cl2N4OS/c28-21-13-14-24(22(29)16-21)33-25(31-32-27(33)35-17-19-9-5-2-6-10-19)23(30-26(34)20-11-12-20)15-18-7-3-1-4-8-18/h1-10,13-14,16,20,23H,11-12,15,17H2,(H,30,34). The fraction of sp³-hybridized carbons (Fsp3) is 0.222. The van der Waals surface area contributed by atoms with Gasteiger partial charge in [0.15, 0.2) is 11.0 Å². The third-order valence-corrected chi connectivity index (χ3v) is 7.42. The summed E-state index contributed by atoms with van der Waals surface area (Å²) in [5, 5.41) is 14.1. The molecule has 5 rings (SSSR count). The Hall–Kier alpha value is -2.80. The van der Waals surface area contributed by atoms with Crippen LogP contribution in [0.5, 0.6) is 0 Å². The quantitative estimate of drug-likeness (QED) is 0.249. The second kappa shape index (κ2) is 10.9. The number of carbonyl (C=O) groups excluding carboxylic acids is 1. The molecule has 1 aliphatic rings. The van der Waals surface area contributed by atoms with E-state index in [-0.39, 0.29) is 17.9 Å². The maximum absolute atomic E-state index is 12.8. The molecule has 0 saturated heterocycles. The number of thioether (sulfide) groups is 1. The average molecular weight is 523 g/mol. The summed E-state index contributed by atoms with van der Waals surface area (Å²) in [6.07, 6.45) is 2.45. The molecule has 1 unspecified atom stereocenters. The number of nitrogens with zero attached hydrogens (tertiary/aromatic N) is 3. The summed E-state index contributed by atoms with van der Waals surface area (Å²) < 4.78 is 1.95. The highest BCUT2D eigenvalue weighted by atomic mass is 35.5. The fourth-order valence-electron chi connectivity index (χ4n) is 3.90. The Morgan fingerprint density at radius 3 is 2.31 bits per heavy atom. The molecule has 1 amide bonds. The zero-order valence-corrected chi connectivity index (χ0v) is 21.2. The van der Waals surface area contributed by atoms with E-state index in [2.05, 4.69) is 39.8 Å². The molecule has 1 atom stereocenters. The van der Waals surface area contributed by atoms with Crippen LogP contribution in [0, 0.1) is 5.92 Å². The van der Waals surface area contributed by atoms with Gasteiger partial charge in [0.25, 0.3) is 0 Å². The van der Waals surface area contributed by atoms with Gasteiger partial charge in [0.05, 0.1) is 16.8 Å². The van der Waals surface area contributed by atoms with Gasteiger partial charge in [-0.15, -0.1) is 10.2 Å². The molecular weight excluding hydrogens is 499 g/mol. The van der Waals surface area contributed by atoms with E-state index >= 15 is 0 Å². The van der Waals surface area contributed by atoms with Crippen molar-refractivity contribution in [3.63, 3.8) is 0 Å². The minimum Gasteiger partial charge on any atom is -0.345 e. The van der Waals surface area contributed by atoms with Gasteiger partial charge >= 0.3 is 0 Å². The van der Waals surface area contributed by atoms with Gasteiger partial charge in [0, 0.05) is 16.7 Å². The number of hydrogen-bond acceptors (Lipinski definition) is 4. The van der Waals surface area contributed by atoms with Gasteiger partial charge in [-0.25, -0.2) is 0 Å². The molecule has 0 bridgehead atoms. The second-order valence-corrected chi connectivity index (χ2v) is 10.4. The maximum Gasteiger partial charge on any atom is 0.223 e. The lowest BCUT2D eigenvalue weighted by molar-refractivity contribution is -0.123. The van der Waals surface area contributed by atoms with Gasteiger partial charge in [0.2, 0.25) is 5.91 Å². The molecule has 4 aromatic rings. The van der Waals surface area contributed by atoms with Gasteiger partial charge in [-0.05, 0) is 48.6 Å². The van der Waals surface area contributed by atoms with Crippen LogP contribution in [0.3, 0.4) is 0 Å². The Morgan fingerprint density at radius 2 is 1.66 bits per heavy atom. The fourth-order valence-corrected chi connectivity index (χ4v) is 5.30. The van der Waals surface area contributed by atoms with Crippen LogP contribution in [-0.2, 0) is 17.0 Å². The van der Waals surface area contributed by atoms with Crippen LogP contribution in [0.1, 0.15) is 35.8 Å². The highest BCUT2D eigenvalue weighted by Gasteiger charge is 2.33. The molecule has 1 aliphatic carbocycles. The van der Waals surface area contributed by atoms with Crippen LogP contribution >= 0.6 is 35.0 Å². The summed E-state index contributed by atoms with van der Waals surface area (Å²) in [5.74, 6) is 1.50. The van der Waals surface area contributed by atoms with Crippen molar-refractivity contribution in [3.05, 3.63) is 106 Å². The first-order valence-electron chi connectivity index (χ1n) is 11.5. The Morgan fingerprint density at radius 1 is 0.971 bits per heavy atom. The normalized spacial score (nSPS) is 14.0.